The van der Waals surface area contributed by atoms with Crippen molar-refractivity contribution in [2.45, 2.75) is 38.6 Å². The van der Waals surface area contributed by atoms with Crippen molar-refractivity contribution in [3.8, 4) is 5.75 Å². The predicted octanol–water partition coefficient (Wildman–Crippen LogP) is 2.93. The van der Waals surface area contributed by atoms with E-state index in [2.05, 4.69) is 26.0 Å². The number of fused-ring (bicyclic) bond motifs is 1. The number of hydrogen-bond acceptors (Lipinski definition) is 2. The normalized spacial score (nSPS) is 21.4. The second kappa shape index (κ2) is 4.88. The summed E-state index contributed by atoms with van der Waals surface area (Å²) >= 11 is 0. The van der Waals surface area contributed by atoms with E-state index in [-0.39, 0.29) is 6.04 Å². The van der Waals surface area contributed by atoms with Crippen LogP contribution >= 0.6 is 0 Å². The molecule has 2 unspecified atom stereocenters. The first kappa shape index (κ1) is 11.5. The Bertz CT molecular complexity index is 348. The van der Waals surface area contributed by atoms with Gasteiger partial charge in [0.1, 0.15) is 5.75 Å². The fourth-order valence-corrected chi connectivity index (χ4v) is 2.52. The van der Waals surface area contributed by atoms with Crippen LogP contribution in [0.15, 0.2) is 24.3 Å². The molecule has 2 atom stereocenters. The van der Waals surface area contributed by atoms with Crippen molar-refractivity contribution in [2.75, 3.05) is 6.61 Å². The number of rotatable bonds is 3. The monoisotopic (exact) mass is 219 g/mol. The first-order chi connectivity index (χ1) is 7.68. The SMILES string of the molecule is CC(C)CC(N)C1CCOc2ccccc21. The van der Waals surface area contributed by atoms with E-state index in [4.69, 9.17) is 10.5 Å². The minimum absolute atomic E-state index is 0.255. The summed E-state index contributed by atoms with van der Waals surface area (Å²) in [7, 11) is 0. The van der Waals surface area contributed by atoms with Crippen LogP contribution < -0.4 is 10.5 Å². The highest BCUT2D eigenvalue weighted by atomic mass is 16.5. The maximum Gasteiger partial charge on any atom is 0.122 e. The molecular formula is C14H21NO. The Morgan fingerprint density at radius 3 is 2.88 bits per heavy atom. The standard InChI is InChI=1S/C14H21NO/c1-10(2)9-13(15)11-7-8-16-14-6-4-3-5-12(11)14/h3-6,10-11,13H,7-9,15H2,1-2H3. The van der Waals surface area contributed by atoms with E-state index in [0.717, 1.165) is 25.2 Å². The molecule has 2 nitrogen and oxygen atoms in total. The summed E-state index contributed by atoms with van der Waals surface area (Å²) in [4.78, 5) is 0. The minimum Gasteiger partial charge on any atom is -0.493 e. The molecule has 1 aliphatic rings. The number of nitrogens with two attached hydrogens (primary N) is 1. The highest BCUT2D eigenvalue weighted by Crippen LogP contribution is 2.36. The average molecular weight is 219 g/mol. The summed E-state index contributed by atoms with van der Waals surface area (Å²) in [5, 5.41) is 0. The van der Waals surface area contributed by atoms with Gasteiger partial charge >= 0.3 is 0 Å². The molecule has 0 fully saturated rings. The van der Waals surface area contributed by atoms with Gasteiger partial charge in [-0.2, -0.15) is 0 Å². The smallest absolute Gasteiger partial charge is 0.122 e. The summed E-state index contributed by atoms with van der Waals surface area (Å²) in [6.45, 7) is 5.25. The summed E-state index contributed by atoms with van der Waals surface area (Å²) in [5.41, 5.74) is 7.60. The highest BCUT2D eigenvalue weighted by Gasteiger charge is 2.26. The van der Waals surface area contributed by atoms with E-state index < -0.39 is 0 Å². The first-order valence-corrected chi connectivity index (χ1v) is 6.15. The lowest BCUT2D eigenvalue weighted by molar-refractivity contribution is 0.248. The largest absolute Gasteiger partial charge is 0.493 e. The topological polar surface area (TPSA) is 35.2 Å². The van der Waals surface area contributed by atoms with Gasteiger partial charge in [0.2, 0.25) is 0 Å². The van der Waals surface area contributed by atoms with Gasteiger partial charge in [0.05, 0.1) is 6.61 Å². The van der Waals surface area contributed by atoms with Crippen molar-refractivity contribution in [3.05, 3.63) is 29.8 Å². The van der Waals surface area contributed by atoms with Crippen molar-refractivity contribution in [1.29, 1.82) is 0 Å². The van der Waals surface area contributed by atoms with E-state index in [0.29, 0.717) is 11.8 Å². The van der Waals surface area contributed by atoms with Crippen LogP contribution in [-0.4, -0.2) is 12.6 Å². The molecule has 1 heterocycles. The first-order valence-electron chi connectivity index (χ1n) is 6.15. The van der Waals surface area contributed by atoms with Crippen LogP contribution in [0, 0.1) is 5.92 Å². The van der Waals surface area contributed by atoms with E-state index in [1.54, 1.807) is 0 Å². The fraction of sp³-hybridized carbons (Fsp3) is 0.571. The quantitative estimate of drug-likeness (QED) is 0.848. The Morgan fingerprint density at radius 1 is 1.38 bits per heavy atom. The summed E-state index contributed by atoms with van der Waals surface area (Å²) in [6, 6.07) is 8.55. The molecule has 1 aliphatic heterocycles. The van der Waals surface area contributed by atoms with Gasteiger partial charge in [0.15, 0.2) is 0 Å². The van der Waals surface area contributed by atoms with E-state index >= 15 is 0 Å². The van der Waals surface area contributed by atoms with Gasteiger partial charge in [-0.3, -0.25) is 0 Å². The number of hydrogen-bond donors (Lipinski definition) is 1. The lowest BCUT2D eigenvalue weighted by Crippen LogP contribution is -2.33. The molecule has 0 bridgehead atoms. The zero-order valence-electron chi connectivity index (χ0n) is 10.1. The van der Waals surface area contributed by atoms with Gasteiger partial charge in [-0.15, -0.1) is 0 Å². The molecule has 16 heavy (non-hydrogen) atoms. The van der Waals surface area contributed by atoms with Gasteiger partial charge in [-0.1, -0.05) is 32.0 Å². The van der Waals surface area contributed by atoms with Crippen molar-refractivity contribution in [1.82, 2.24) is 0 Å². The molecule has 0 aromatic heterocycles. The second-order valence-electron chi connectivity index (χ2n) is 5.07. The lowest BCUT2D eigenvalue weighted by Gasteiger charge is -2.31. The van der Waals surface area contributed by atoms with Crippen LogP contribution in [0.4, 0.5) is 0 Å². The molecule has 0 saturated heterocycles. The van der Waals surface area contributed by atoms with Crippen molar-refractivity contribution >= 4 is 0 Å². The van der Waals surface area contributed by atoms with Gasteiger partial charge in [0.25, 0.3) is 0 Å². The summed E-state index contributed by atoms with van der Waals surface area (Å²) < 4.78 is 5.65. The van der Waals surface area contributed by atoms with E-state index in [1.807, 2.05) is 12.1 Å². The molecule has 88 valence electrons. The number of ether oxygens (including phenoxy) is 1. The van der Waals surface area contributed by atoms with Crippen LogP contribution in [0.3, 0.4) is 0 Å². The second-order valence-corrected chi connectivity index (χ2v) is 5.07. The third-order valence-corrected chi connectivity index (χ3v) is 3.27. The lowest BCUT2D eigenvalue weighted by atomic mass is 9.83. The summed E-state index contributed by atoms with van der Waals surface area (Å²) in [5.74, 6) is 2.15. The molecule has 2 N–H and O–H groups in total. The van der Waals surface area contributed by atoms with Crippen LogP contribution in [0.25, 0.3) is 0 Å². The molecule has 0 radical (unpaired) electrons. The van der Waals surface area contributed by atoms with E-state index in [9.17, 15) is 0 Å². The summed E-state index contributed by atoms with van der Waals surface area (Å²) in [6.07, 6.45) is 2.13. The molecule has 0 aliphatic carbocycles. The highest BCUT2D eigenvalue weighted by molar-refractivity contribution is 5.38. The maximum absolute atomic E-state index is 6.31. The van der Waals surface area contributed by atoms with Gasteiger partial charge < -0.3 is 10.5 Å². The molecular weight excluding hydrogens is 198 g/mol. The van der Waals surface area contributed by atoms with Gasteiger partial charge in [-0.25, -0.2) is 0 Å². The average Bonchev–Trinajstić information content (AvgIpc) is 2.27. The molecule has 0 spiro atoms. The van der Waals surface area contributed by atoms with Crippen LogP contribution in [0.2, 0.25) is 0 Å². The third-order valence-electron chi connectivity index (χ3n) is 3.27. The molecule has 1 aromatic carbocycles. The van der Waals surface area contributed by atoms with Crippen LogP contribution in [0.5, 0.6) is 5.75 Å². The molecule has 1 aromatic rings. The Morgan fingerprint density at radius 2 is 2.12 bits per heavy atom. The van der Waals surface area contributed by atoms with Crippen molar-refractivity contribution in [3.63, 3.8) is 0 Å². The van der Waals surface area contributed by atoms with E-state index in [1.165, 1.54) is 5.56 Å². The predicted molar refractivity (Wildman–Crippen MR) is 66.7 cm³/mol. The number of para-hydroxylation sites is 1. The Hall–Kier alpha value is -1.02. The molecule has 2 heteroatoms. The third kappa shape index (κ3) is 2.38. The Balaban J connectivity index is 2.18. The van der Waals surface area contributed by atoms with Crippen LogP contribution in [-0.2, 0) is 0 Å². The minimum atomic E-state index is 0.255. The van der Waals surface area contributed by atoms with Crippen LogP contribution in [0.1, 0.15) is 38.2 Å². The van der Waals surface area contributed by atoms with Crippen molar-refractivity contribution < 1.29 is 4.74 Å². The molecule has 0 amide bonds. The number of benzene rings is 1. The fourth-order valence-electron chi connectivity index (χ4n) is 2.52. The maximum atomic E-state index is 6.31. The molecule has 2 rings (SSSR count). The zero-order chi connectivity index (χ0) is 11.5. The Labute approximate surface area is 97.8 Å². The molecule has 0 saturated carbocycles. The van der Waals surface area contributed by atoms with Crippen molar-refractivity contribution in [2.24, 2.45) is 11.7 Å². The van der Waals surface area contributed by atoms with Gasteiger partial charge in [-0.05, 0) is 30.4 Å². The Kier molecular flexibility index (Phi) is 3.49. The zero-order valence-corrected chi connectivity index (χ0v) is 10.1. The van der Waals surface area contributed by atoms with Gasteiger partial charge in [0, 0.05) is 12.0 Å².